The highest BCUT2D eigenvalue weighted by Gasteiger charge is 2.26. The van der Waals surface area contributed by atoms with Crippen molar-refractivity contribution in [3.63, 3.8) is 0 Å². The molecule has 1 aliphatic rings. The molecule has 0 spiro atoms. The molecule has 4 rings (SSSR count). The van der Waals surface area contributed by atoms with Gasteiger partial charge in [-0.1, -0.05) is 17.3 Å². The van der Waals surface area contributed by atoms with Crippen LogP contribution >= 0.6 is 0 Å². The van der Waals surface area contributed by atoms with Gasteiger partial charge in [-0.05, 0) is 36.4 Å². The zero-order valence-corrected chi connectivity index (χ0v) is 19.1. The van der Waals surface area contributed by atoms with E-state index in [1.54, 1.807) is 36.4 Å². The summed E-state index contributed by atoms with van der Waals surface area (Å²) in [5.41, 5.74) is 0.177. The molecule has 180 valence electrons. The lowest BCUT2D eigenvalue weighted by atomic mass is 10.2. The van der Waals surface area contributed by atoms with E-state index in [-0.39, 0.29) is 36.6 Å². The minimum Gasteiger partial charge on any atom is -0.490 e. The highest BCUT2D eigenvalue weighted by atomic mass is 32.2. The van der Waals surface area contributed by atoms with Gasteiger partial charge in [0.15, 0.2) is 0 Å². The topological polar surface area (TPSA) is 130 Å². The molecule has 34 heavy (non-hydrogen) atoms. The number of hydrogen-bond acceptors (Lipinski definition) is 9. The lowest BCUT2D eigenvalue weighted by Crippen LogP contribution is -2.40. The number of benzene rings is 2. The Kier molecular flexibility index (Phi) is 7.50. The summed E-state index contributed by atoms with van der Waals surface area (Å²) < 4.78 is 43.6. The molecule has 1 fully saturated rings. The molecular weight excluding hydrogens is 464 g/mol. The lowest BCUT2D eigenvalue weighted by Gasteiger charge is -2.26. The highest BCUT2D eigenvalue weighted by Crippen LogP contribution is 2.20. The summed E-state index contributed by atoms with van der Waals surface area (Å²) in [5.74, 6) is -0.0487. The SMILES string of the molecule is O=C(CCn1nnc2ccccc2c1=O)OCCOc1ccc(S(=O)(=O)N2CCOCC2)cc1. The average Bonchev–Trinajstić information content (AvgIpc) is 2.87. The zero-order chi connectivity index (χ0) is 24.0. The number of esters is 1. The Morgan fingerprint density at radius 3 is 2.53 bits per heavy atom. The number of nitrogens with zero attached hydrogens (tertiary/aromatic N) is 4. The summed E-state index contributed by atoms with van der Waals surface area (Å²) in [4.78, 5) is 24.5. The molecule has 2 heterocycles. The van der Waals surface area contributed by atoms with Crippen molar-refractivity contribution in [2.24, 2.45) is 0 Å². The minimum absolute atomic E-state index is 0.00492. The molecule has 0 aliphatic carbocycles. The summed E-state index contributed by atoms with van der Waals surface area (Å²) in [5, 5.41) is 8.24. The average molecular weight is 489 g/mol. The van der Waals surface area contributed by atoms with Crippen LogP contribution in [0.1, 0.15) is 6.42 Å². The van der Waals surface area contributed by atoms with E-state index in [9.17, 15) is 18.0 Å². The number of aromatic nitrogens is 3. The van der Waals surface area contributed by atoms with Gasteiger partial charge in [0.2, 0.25) is 10.0 Å². The first-order chi connectivity index (χ1) is 16.4. The van der Waals surface area contributed by atoms with Crippen LogP contribution in [-0.4, -0.2) is 73.2 Å². The van der Waals surface area contributed by atoms with Crippen molar-refractivity contribution in [2.45, 2.75) is 17.9 Å². The van der Waals surface area contributed by atoms with E-state index < -0.39 is 16.0 Å². The van der Waals surface area contributed by atoms with Gasteiger partial charge < -0.3 is 14.2 Å². The van der Waals surface area contributed by atoms with Crippen molar-refractivity contribution >= 4 is 26.9 Å². The van der Waals surface area contributed by atoms with E-state index in [0.29, 0.717) is 43.0 Å². The van der Waals surface area contributed by atoms with E-state index in [2.05, 4.69) is 10.3 Å². The first kappa shape index (κ1) is 23.8. The molecule has 12 heteroatoms. The molecule has 2 aromatic carbocycles. The van der Waals surface area contributed by atoms with Gasteiger partial charge in [0, 0.05) is 13.1 Å². The Bertz CT molecular complexity index is 1300. The fourth-order valence-corrected chi connectivity index (χ4v) is 4.81. The molecule has 11 nitrogen and oxygen atoms in total. The van der Waals surface area contributed by atoms with Gasteiger partial charge in [-0.25, -0.2) is 13.1 Å². The molecule has 0 radical (unpaired) electrons. The standard InChI is InChI=1S/C22H24N4O7S/c27-21(9-10-26-22(28)19-3-1-2-4-20(19)23-24-26)33-16-15-32-17-5-7-18(8-6-17)34(29,30)25-11-13-31-14-12-25/h1-8H,9-16H2. The van der Waals surface area contributed by atoms with E-state index in [4.69, 9.17) is 14.2 Å². The molecule has 0 atom stereocenters. The van der Waals surface area contributed by atoms with Crippen LogP contribution in [0, 0.1) is 0 Å². The molecule has 0 saturated carbocycles. The number of rotatable bonds is 9. The Morgan fingerprint density at radius 2 is 1.76 bits per heavy atom. The molecular formula is C22H24N4O7S. The molecule has 0 unspecified atom stereocenters. The van der Waals surface area contributed by atoms with Crippen LogP contribution in [0.4, 0.5) is 0 Å². The zero-order valence-electron chi connectivity index (χ0n) is 18.3. The minimum atomic E-state index is -3.57. The molecule has 3 aromatic rings. The number of ether oxygens (including phenoxy) is 3. The van der Waals surface area contributed by atoms with Crippen molar-refractivity contribution in [3.05, 3.63) is 58.9 Å². The summed E-state index contributed by atoms with van der Waals surface area (Å²) in [7, 11) is -3.57. The third kappa shape index (κ3) is 5.58. The monoisotopic (exact) mass is 488 g/mol. The maximum absolute atomic E-state index is 12.6. The van der Waals surface area contributed by atoms with Crippen LogP contribution in [0.15, 0.2) is 58.2 Å². The van der Waals surface area contributed by atoms with Crippen LogP contribution in [0.3, 0.4) is 0 Å². The summed E-state index contributed by atoms with van der Waals surface area (Å²) >= 11 is 0. The maximum Gasteiger partial charge on any atom is 0.307 e. The predicted molar refractivity (Wildman–Crippen MR) is 121 cm³/mol. The van der Waals surface area contributed by atoms with Crippen molar-refractivity contribution in [2.75, 3.05) is 39.5 Å². The van der Waals surface area contributed by atoms with Crippen molar-refractivity contribution in [1.29, 1.82) is 0 Å². The maximum atomic E-state index is 12.6. The van der Waals surface area contributed by atoms with Crippen molar-refractivity contribution in [3.8, 4) is 5.75 Å². The van der Waals surface area contributed by atoms with Crippen molar-refractivity contribution < 1.29 is 27.4 Å². The third-order valence-corrected chi connectivity index (χ3v) is 7.12. The molecule has 1 saturated heterocycles. The second-order valence-corrected chi connectivity index (χ2v) is 9.38. The van der Waals surface area contributed by atoms with Gasteiger partial charge in [-0.2, -0.15) is 4.31 Å². The number of morpholine rings is 1. The normalized spacial score (nSPS) is 14.7. The predicted octanol–water partition coefficient (Wildman–Crippen LogP) is 0.825. The van der Waals surface area contributed by atoms with Gasteiger partial charge in [-0.15, -0.1) is 5.10 Å². The molecule has 0 N–H and O–H groups in total. The molecule has 1 aliphatic heterocycles. The first-order valence-corrected chi connectivity index (χ1v) is 12.2. The fourth-order valence-electron chi connectivity index (χ4n) is 3.40. The molecule has 0 bridgehead atoms. The van der Waals surface area contributed by atoms with Gasteiger partial charge in [0.05, 0.1) is 36.5 Å². The number of carbonyl (C=O) groups is 1. The summed E-state index contributed by atoms with van der Waals surface area (Å²) in [6.45, 7) is 1.57. The Balaban J connectivity index is 1.21. The Morgan fingerprint density at radius 1 is 1.03 bits per heavy atom. The van der Waals surface area contributed by atoms with Gasteiger partial charge in [0.25, 0.3) is 5.56 Å². The summed E-state index contributed by atoms with van der Waals surface area (Å²) in [6, 6.07) is 12.9. The number of fused-ring (bicyclic) bond motifs is 1. The number of sulfonamides is 1. The van der Waals surface area contributed by atoms with E-state index in [0.717, 1.165) is 4.68 Å². The second-order valence-electron chi connectivity index (χ2n) is 7.44. The second kappa shape index (κ2) is 10.7. The van der Waals surface area contributed by atoms with E-state index >= 15 is 0 Å². The van der Waals surface area contributed by atoms with Crippen molar-refractivity contribution in [1.82, 2.24) is 19.3 Å². The summed E-state index contributed by atoms with van der Waals surface area (Å²) in [6.07, 6.45) is -0.0407. The Labute approximate surface area is 195 Å². The van der Waals surface area contributed by atoms with Gasteiger partial charge >= 0.3 is 5.97 Å². The van der Waals surface area contributed by atoms with Crippen LogP contribution in [0.5, 0.6) is 5.75 Å². The van der Waals surface area contributed by atoms with Gasteiger partial charge in [0.1, 0.15) is 24.5 Å². The van der Waals surface area contributed by atoms with Crippen LogP contribution < -0.4 is 10.3 Å². The number of hydrogen-bond donors (Lipinski definition) is 0. The van der Waals surface area contributed by atoms with E-state index in [1.165, 1.54) is 16.4 Å². The van der Waals surface area contributed by atoms with Crippen LogP contribution in [0.2, 0.25) is 0 Å². The van der Waals surface area contributed by atoms with Crippen LogP contribution in [-0.2, 0) is 30.8 Å². The number of carbonyl (C=O) groups excluding carboxylic acids is 1. The molecule has 0 amide bonds. The Hall–Kier alpha value is -3.35. The third-order valence-electron chi connectivity index (χ3n) is 5.20. The van der Waals surface area contributed by atoms with E-state index in [1.807, 2.05) is 0 Å². The first-order valence-electron chi connectivity index (χ1n) is 10.7. The largest absolute Gasteiger partial charge is 0.490 e. The molecule has 1 aromatic heterocycles. The number of aryl methyl sites for hydroxylation is 1. The van der Waals surface area contributed by atoms with Gasteiger partial charge in [-0.3, -0.25) is 9.59 Å². The quantitative estimate of drug-likeness (QED) is 0.317. The fraction of sp³-hybridized carbons (Fsp3) is 0.364. The van der Waals surface area contributed by atoms with Crippen LogP contribution in [0.25, 0.3) is 10.9 Å². The smallest absolute Gasteiger partial charge is 0.307 e. The lowest BCUT2D eigenvalue weighted by molar-refractivity contribution is -0.144. The highest BCUT2D eigenvalue weighted by molar-refractivity contribution is 7.89.